The Morgan fingerprint density at radius 3 is 2.64 bits per heavy atom. The molecule has 0 saturated heterocycles. The highest BCUT2D eigenvalue weighted by atomic mass is 79.9. The van der Waals surface area contributed by atoms with Gasteiger partial charge in [-0.2, -0.15) is 0 Å². The minimum Gasteiger partial charge on any atom is -0.463 e. The number of rotatable bonds is 3. The second-order valence-corrected chi connectivity index (χ2v) is 9.44. The van der Waals surface area contributed by atoms with Crippen LogP contribution >= 0.6 is 27.3 Å². The number of carbonyl (C=O) groups is 2. The molecule has 2 aromatic carbocycles. The summed E-state index contributed by atoms with van der Waals surface area (Å²) in [5.41, 5.74) is 2.82. The van der Waals surface area contributed by atoms with Gasteiger partial charge in [-0.1, -0.05) is 57.6 Å². The van der Waals surface area contributed by atoms with E-state index in [9.17, 15) is 14.4 Å². The lowest BCUT2D eigenvalue weighted by molar-refractivity contribution is -0.139. The number of halogens is 1. The highest BCUT2D eigenvalue weighted by molar-refractivity contribution is 9.10. The predicted molar refractivity (Wildman–Crippen MR) is 129 cm³/mol. The lowest BCUT2D eigenvalue weighted by Gasteiger charge is -2.24. The molecule has 0 saturated carbocycles. The molecule has 0 radical (unpaired) electrons. The van der Waals surface area contributed by atoms with Crippen LogP contribution in [0.2, 0.25) is 0 Å². The van der Waals surface area contributed by atoms with Gasteiger partial charge in [-0.15, -0.1) is 0 Å². The van der Waals surface area contributed by atoms with Crippen molar-refractivity contribution in [3.63, 3.8) is 0 Å². The number of amides is 1. The zero-order valence-electron chi connectivity index (χ0n) is 17.7. The van der Waals surface area contributed by atoms with E-state index in [0.717, 1.165) is 21.4 Å². The number of ether oxygens (including phenoxy) is 1. The van der Waals surface area contributed by atoms with Crippen LogP contribution in [0, 0.1) is 0 Å². The Labute approximate surface area is 200 Å². The van der Waals surface area contributed by atoms with Gasteiger partial charge in [0.25, 0.3) is 11.5 Å². The number of benzene rings is 2. The Kier molecular flexibility index (Phi) is 5.38. The molecule has 0 aliphatic carbocycles. The van der Waals surface area contributed by atoms with E-state index in [-0.39, 0.29) is 22.6 Å². The molecule has 5 rings (SSSR count). The number of para-hydroxylation sites is 1. The van der Waals surface area contributed by atoms with E-state index in [1.165, 1.54) is 4.57 Å². The standard InChI is InChI=1S/C24H18BrN3O4S/c1-3-32-23(31)17-12(2)26-24-28(19(17)13-8-10-14(25)11-9-13)22(30)20(33-24)18-15-6-4-5-7-16(15)27-21(18)29/h4-11,19H,3H2,1-2H3,(H,27,29). The summed E-state index contributed by atoms with van der Waals surface area (Å²) in [5.74, 6) is -0.850. The number of nitrogens with one attached hydrogen (secondary N) is 1. The SMILES string of the molecule is CCOC(=O)C1=C(C)N=c2sc(=C3C(=O)Nc4ccccc43)c(=O)n2C1c1ccc(Br)cc1. The van der Waals surface area contributed by atoms with Gasteiger partial charge in [-0.3, -0.25) is 14.2 Å². The molecule has 3 heterocycles. The van der Waals surface area contributed by atoms with Gasteiger partial charge in [0.2, 0.25) is 0 Å². The largest absolute Gasteiger partial charge is 0.463 e. The number of thiazole rings is 1. The van der Waals surface area contributed by atoms with Crippen molar-refractivity contribution < 1.29 is 14.3 Å². The molecule has 33 heavy (non-hydrogen) atoms. The van der Waals surface area contributed by atoms with Gasteiger partial charge in [-0.25, -0.2) is 9.79 Å². The van der Waals surface area contributed by atoms with Gasteiger partial charge < -0.3 is 10.1 Å². The zero-order chi connectivity index (χ0) is 23.3. The molecule has 1 atom stereocenters. The lowest BCUT2D eigenvalue weighted by Crippen LogP contribution is -2.40. The van der Waals surface area contributed by atoms with Crippen LogP contribution in [0.25, 0.3) is 5.57 Å². The fraction of sp³-hybridized carbons (Fsp3) is 0.167. The van der Waals surface area contributed by atoms with Crippen LogP contribution in [0.4, 0.5) is 5.69 Å². The number of fused-ring (bicyclic) bond motifs is 2. The first-order valence-electron chi connectivity index (χ1n) is 10.3. The van der Waals surface area contributed by atoms with Crippen LogP contribution in [0.15, 0.2) is 74.1 Å². The van der Waals surface area contributed by atoms with Crippen molar-refractivity contribution in [1.29, 1.82) is 0 Å². The van der Waals surface area contributed by atoms with Gasteiger partial charge in [0, 0.05) is 15.7 Å². The highest BCUT2D eigenvalue weighted by Gasteiger charge is 2.35. The Hall–Kier alpha value is -3.30. The number of esters is 1. The van der Waals surface area contributed by atoms with E-state index in [1.807, 2.05) is 42.5 Å². The smallest absolute Gasteiger partial charge is 0.338 e. The number of hydrogen-bond donors (Lipinski definition) is 1. The Bertz CT molecular complexity index is 1530. The summed E-state index contributed by atoms with van der Waals surface area (Å²) in [4.78, 5) is 44.5. The Morgan fingerprint density at radius 2 is 1.91 bits per heavy atom. The van der Waals surface area contributed by atoms with Crippen LogP contribution in [-0.4, -0.2) is 23.1 Å². The summed E-state index contributed by atoms with van der Waals surface area (Å²) >= 11 is 4.58. The molecule has 0 spiro atoms. The Balaban J connectivity index is 1.82. The normalized spacial score (nSPS) is 18.4. The number of nitrogens with zero attached hydrogens (tertiary/aromatic N) is 2. The zero-order valence-corrected chi connectivity index (χ0v) is 20.1. The summed E-state index contributed by atoms with van der Waals surface area (Å²) in [6, 6.07) is 13.9. The molecule has 9 heteroatoms. The van der Waals surface area contributed by atoms with E-state index >= 15 is 0 Å². The first-order chi connectivity index (χ1) is 15.9. The molecular weight excluding hydrogens is 506 g/mol. The van der Waals surface area contributed by atoms with Gasteiger partial charge >= 0.3 is 5.97 Å². The number of allylic oxidation sites excluding steroid dienone is 1. The van der Waals surface area contributed by atoms with Gasteiger partial charge in [0.15, 0.2) is 4.80 Å². The molecule has 7 nitrogen and oxygen atoms in total. The number of hydrogen-bond acceptors (Lipinski definition) is 6. The number of aromatic nitrogens is 1. The van der Waals surface area contributed by atoms with Crippen LogP contribution in [0.1, 0.15) is 31.0 Å². The minimum absolute atomic E-state index is 0.203. The first kappa shape index (κ1) is 21.5. The van der Waals surface area contributed by atoms with Crippen LogP contribution in [0.5, 0.6) is 0 Å². The predicted octanol–water partition coefficient (Wildman–Crippen LogP) is 2.88. The molecule has 1 unspecified atom stereocenters. The van der Waals surface area contributed by atoms with Crippen molar-refractivity contribution in [3.8, 4) is 0 Å². The highest BCUT2D eigenvalue weighted by Crippen LogP contribution is 2.32. The summed E-state index contributed by atoms with van der Waals surface area (Å²) in [5, 5.41) is 2.82. The molecule has 1 aromatic heterocycles. The molecule has 1 amide bonds. The molecule has 2 aliphatic rings. The molecule has 0 bridgehead atoms. The molecule has 166 valence electrons. The second kappa shape index (κ2) is 8.24. The summed E-state index contributed by atoms with van der Waals surface area (Å²) in [6.45, 7) is 3.67. The molecule has 3 aromatic rings. The van der Waals surface area contributed by atoms with Gasteiger partial charge in [0.1, 0.15) is 4.53 Å². The average Bonchev–Trinajstić information content (AvgIpc) is 3.28. The summed E-state index contributed by atoms with van der Waals surface area (Å²) in [7, 11) is 0. The van der Waals surface area contributed by atoms with Crippen molar-refractivity contribution in [2.45, 2.75) is 19.9 Å². The van der Waals surface area contributed by atoms with Crippen LogP contribution in [-0.2, 0) is 14.3 Å². The molecule has 1 N–H and O–H groups in total. The second-order valence-electron chi connectivity index (χ2n) is 7.55. The average molecular weight is 524 g/mol. The van der Waals surface area contributed by atoms with Crippen molar-refractivity contribution in [2.24, 2.45) is 4.99 Å². The van der Waals surface area contributed by atoms with Crippen molar-refractivity contribution in [3.05, 3.63) is 95.1 Å². The van der Waals surface area contributed by atoms with Crippen LogP contribution < -0.4 is 20.2 Å². The molecule has 0 fully saturated rings. The third-order valence-corrected chi connectivity index (χ3v) is 7.16. The quantitative estimate of drug-likeness (QED) is 0.534. The fourth-order valence-corrected chi connectivity index (χ4v) is 5.55. The monoisotopic (exact) mass is 523 g/mol. The summed E-state index contributed by atoms with van der Waals surface area (Å²) < 4.78 is 7.96. The Morgan fingerprint density at radius 1 is 1.18 bits per heavy atom. The van der Waals surface area contributed by atoms with Gasteiger partial charge in [0.05, 0.1) is 29.5 Å². The van der Waals surface area contributed by atoms with E-state index in [4.69, 9.17) is 4.74 Å². The lowest BCUT2D eigenvalue weighted by atomic mass is 9.96. The van der Waals surface area contributed by atoms with E-state index < -0.39 is 12.0 Å². The fourth-order valence-electron chi connectivity index (χ4n) is 4.15. The van der Waals surface area contributed by atoms with Crippen molar-refractivity contribution in [1.82, 2.24) is 4.57 Å². The third-order valence-electron chi connectivity index (χ3n) is 5.58. The first-order valence-corrected chi connectivity index (χ1v) is 11.9. The topological polar surface area (TPSA) is 89.8 Å². The molecular formula is C24H18BrN3O4S. The van der Waals surface area contributed by atoms with E-state index in [0.29, 0.717) is 32.9 Å². The van der Waals surface area contributed by atoms with Crippen molar-refractivity contribution >= 4 is 50.4 Å². The maximum Gasteiger partial charge on any atom is 0.338 e. The maximum absolute atomic E-state index is 13.8. The summed E-state index contributed by atoms with van der Waals surface area (Å²) in [6.07, 6.45) is 0. The van der Waals surface area contributed by atoms with Crippen LogP contribution in [0.3, 0.4) is 0 Å². The number of anilines is 1. The third kappa shape index (κ3) is 3.48. The maximum atomic E-state index is 13.8. The number of carbonyl (C=O) groups excluding carboxylic acids is 2. The molecule has 2 aliphatic heterocycles. The van der Waals surface area contributed by atoms with Crippen molar-refractivity contribution in [2.75, 3.05) is 11.9 Å². The van der Waals surface area contributed by atoms with E-state index in [2.05, 4.69) is 26.2 Å². The minimum atomic E-state index is -0.720. The van der Waals surface area contributed by atoms with E-state index in [1.54, 1.807) is 19.9 Å². The van der Waals surface area contributed by atoms with Gasteiger partial charge in [-0.05, 0) is 37.6 Å².